The molecule has 33 heavy (non-hydrogen) atoms. The van der Waals surface area contributed by atoms with E-state index in [4.69, 9.17) is 4.74 Å². The first-order chi connectivity index (χ1) is 15.8. The van der Waals surface area contributed by atoms with Crippen molar-refractivity contribution in [1.82, 2.24) is 10.2 Å². The third-order valence-corrected chi connectivity index (χ3v) is 10.9. The number of esters is 1. The summed E-state index contributed by atoms with van der Waals surface area (Å²) in [6.07, 6.45) is 6.93. The molecule has 186 valence electrons. The Morgan fingerprint density at radius 1 is 1.27 bits per heavy atom. The van der Waals surface area contributed by atoms with Crippen LogP contribution >= 0.6 is 11.8 Å². The van der Waals surface area contributed by atoms with Crippen LogP contribution in [0.4, 0.5) is 0 Å². The molecule has 8 atom stereocenters. The predicted molar refractivity (Wildman–Crippen MR) is 127 cm³/mol. The smallest absolute Gasteiger partial charge is 0.310 e. The van der Waals surface area contributed by atoms with E-state index < -0.39 is 28.7 Å². The molecule has 2 bridgehead atoms. The summed E-state index contributed by atoms with van der Waals surface area (Å²) in [7, 11) is 0. The number of thioether (sulfide) groups is 1. The SMILES string of the molecule is CCOC(=O)[C@@H]1[C@@H]2CC(C)C3(S2)C(C(=O)NC2CCCCC2)N([C@@H](CO)[C@@H](C)CC)C(=O)[C@H]13. The number of carbonyl (C=O) groups excluding carboxylic acids is 3. The van der Waals surface area contributed by atoms with Crippen molar-refractivity contribution >= 4 is 29.5 Å². The Kier molecular flexibility index (Phi) is 7.35. The molecular formula is C25H40N2O5S. The maximum absolute atomic E-state index is 14.1. The van der Waals surface area contributed by atoms with E-state index in [1.165, 1.54) is 6.42 Å². The van der Waals surface area contributed by atoms with Gasteiger partial charge in [-0.25, -0.2) is 0 Å². The minimum absolute atomic E-state index is 0.00342. The van der Waals surface area contributed by atoms with Crippen LogP contribution in [-0.2, 0) is 19.1 Å². The summed E-state index contributed by atoms with van der Waals surface area (Å²) in [4.78, 5) is 42.7. The van der Waals surface area contributed by atoms with Crippen LogP contribution in [0, 0.1) is 23.7 Å². The molecule has 1 aliphatic carbocycles. The summed E-state index contributed by atoms with van der Waals surface area (Å²) in [5.74, 6) is -1.52. The molecule has 3 aliphatic heterocycles. The summed E-state index contributed by atoms with van der Waals surface area (Å²) < 4.78 is 4.75. The molecule has 0 aromatic rings. The summed E-state index contributed by atoms with van der Waals surface area (Å²) in [6, 6.07) is -0.985. The highest BCUT2D eigenvalue weighted by Gasteiger charge is 2.77. The fraction of sp³-hybridized carbons (Fsp3) is 0.880. The van der Waals surface area contributed by atoms with Crippen molar-refractivity contribution < 1.29 is 24.2 Å². The summed E-state index contributed by atoms with van der Waals surface area (Å²) in [5.41, 5.74) is 0. The number of nitrogens with zero attached hydrogens (tertiary/aromatic N) is 1. The second-order valence-corrected chi connectivity index (χ2v) is 12.1. The van der Waals surface area contributed by atoms with E-state index in [0.717, 1.165) is 38.5 Å². The lowest BCUT2D eigenvalue weighted by molar-refractivity contribution is -0.154. The van der Waals surface area contributed by atoms with Gasteiger partial charge in [-0.05, 0) is 38.0 Å². The molecular weight excluding hydrogens is 440 g/mol. The van der Waals surface area contributed by atoms with Gasteiger partial charge >= 0.3 is 5.97 Å². The molecule has 0 aromatic heterocycles. The van der Waals surface area contributed by atoms with Crippen molar-refractivity contribution in [1.29, 1.82) is 0 Å². The van der Waals surface area contributed by atoms with Crippen LogP contribution in [-0.4, -0.2) is 69.1 Å². The fourth-order valence-electron chi connectivity index (χ4n) is 6.96. The van der Waals surface area contributed by atoms with Crippen LogP contribution in [0.3, 0.4) is 0 Å². The monoisotopic (exact) mass is 480 g/mol. The molecule has 3 saturated heterocycles. The Balaban J connectivity index is 1.75. The third-order valence-electron chi connectivity index (χ3n) is 8.79. The van der Waals surface area contributed by atoms with Gasteiger partial charge in [-0.1, -0.05) is 46.5 Å². The number of likely N-dealkylation sites (tertiary alicyclic amines) is 1. The highest BCUT2D eigenvalue weighted by Crippen LogP contribution is 2.69. The number of nitrogens with one attached hydrogen (secondary N) is 1. The van der Waals surface area contributed by atoms with E-state index in [2.05, 4.69) is 12.2 Å². The third kappa shape index (κ3) is 3.89. The number of carbonyl (C=O) groups is 3. The van der Waals surface area contributed by atoms with Gasteiger partial charge in [0.2, 0.25) is 11.8 Å². The lowest BCUT2D eigenvalue weighted by Crippen LogP contribution is -2.60. The number of aliphatic hydroxyl groups is 1. The molecule has 4 fully saturated rings. The van der Waals surface area contributed by atoms with Gasteiger partial charge in [0.05, 0.1) is 35.8 Å². The van der Waals surface area contributed by atoms with Crippen molar-refractivity contribution in [2.75, 3.05) is 13.2 Å². The predicted octanol–water partition coefficient (Wildman–Crippen LogP) is 2.74. The van der Waals surface area contributed by atoms with E-state index in [1.807, 2.05) is 13.8 Å². The molecule has 4 aliphatic rings. The first-order valence-corrected chi connectivity index (χ1v) is 13.8. The molecule has 1 spiro atoms. The average molecular weight is 481 g/mol. The highest BCUT2D eigenvalue weighted by molar-refractivity contribution is 8.02. The normalized spacial score (nSPS) is 37.7. The Morgan fingerprint density at radius 3 is 2.58 bits per heavy atom. The summed E-state index contributed by atoms with van der Waals surface area (Å²) >= 11 is 1.67. The molecule has 0 radical (unpaired) electrons. The maximum Gasteiger partial charge on any atom is 0.310 e. The topological polar surface area (TPSA) is 95.9 Å². The van der Waals surface area contributed by atoms with Crippen LogP contribution in [0.5, 0.6) is 0 Å². The van der Waals surface area contributed by atoms with Gasteiger partial charge in [-0.2, -0.15) is 0 Å². The first-order valence-electron chi connectivity index (χ1n) is 12.9. The van der Waals surface area contributed by atoms with Gasteiger partial charge in [0.15, 0.2) is 0 Å². The van der Waals surface area contributed by atoms with Crippen LogP contribution < -0.4 is 5.32 Å². The van der Waals surface area contributed by atoms with Crippen LogP contribution in [0.25, 0.3) is 0 Å². The second-order valence-electron chi connectivity index (χ2n) is 10.5. The standard InChI is InChI=1S/C25H40N2O5S/c1-5-14(3)17(13-28)27-21(22(29)26-16-10-8-7-9-11-16)25-15(4)12-18(33-25)19(20(25)23(27)30)24(31)32-6-2/h14-21,28H,5-13H2,1-4H3,(H,26,29)/t14-,15?,17-,18-,19+,20-,21?,25?/m0/s1. The lowest BCUT2D eigenvalue weighted by Gasteiger charge is -2.41. The van der Waals surface area contributed by atoms with Gasteiger partial charge in [-0.15, -0.1) is 11.8 Å². The van der Waals surface area contributed by atoms with Gasteiger partial charge in [0.25, 0.3) is 0 Å². The number of rotatable bonds is 8. The number of aliphatic hydroxyl groups excluding tert-OH is 1. The zero-order valence-corrected chi connectivity index (χ0v) is 21.2. The minimum Gasteiger partial charge on any atom is -0.466 e. The van der Waals surface area contributed by atoms with E-state index in [9.17, 15) is 19.5 Å². The van der Waals surface area contributed by atoms with E-state index in [0.29, 0.717) is 0 Å². The minimum atomic E-state index is -0.674. The quantitative estimate of drug-likeness (QED) is 0.519. The largest absolute Gasteiger partial charge is 0.466 e. The van der Waals surface area contributed by atoms with E-state index in [-0.39, 0.29) is 54.1 Å². The molecule has 4 rings (SSSR count). The van der Waals surface area contributed by atoms with Gasteiger partial charge in [0, 0.05) is 11.3 Å². The van der Waals surface area contributed by atoms with Crippen molar-refractivity contribution in [3.8, 4) is 0 Å². The lowest BCUT2D eigenvalue weighted by atomic mass is 9.66. The van der Waals surface area contributed by atoms with Crippen molar-refractivity contribution in [2.45, 2.75) is 101 Å². The molecule has 0 aromatic carbocycles. The zero-order chi connectivity index (χ0) is 23.9. The molecule has 3 unspecified atom stereocenters. The molecule has 8 heteroatoms. The Hall–Kier alpha value is -1.28. The van der Waals surface area contributed by atoms with Gasteiger partial charge < -0.3 is 20.1 Å². The van der Waals surface area contributed by atoms with Crippen molar-refractivity contribution in [2.24, 2.45) is 23.7 Å². The molecule has 2 N–H and O–H groups in total. The number of hydrogen-bond acceptors (Lipinski definition) is 6. The summed E-state index contributed by atoms with van der Waals surface area (Å²) in [6.45, 7) is 8.04. The van der Waals surface area contributed by atoms with Gasteiger partial charge in [-0.3, -0.25) is 14.4 Å². The highest BCUT2D eigenvalue weighted by atomic mass is 32.2. The molecule has 1 saturated carbocycles. The Morgan fingerprint density at radius 2 is 1.97 bits per heavy atom. The molecule has 3 heterocycles. The van der Waals surface area contributed by atoms with Crippen molar-refractivity contribution in [3.63, 3.8) is 0 Å². The van der Waals surface area contributed by atoms with Crippen LogP contribution in [0.1, 0.15) is 72.6 Å². The summed E-state index contributed by atoms with van der Waals surface area (Å²) in [5, 5.41) is 13.6. The fourth-order valence-corrected chi connectivity index (χ4v) is 9.36. The number of fused-ring (bicyclic) bond motifs is 1. The number of hydrogen-bond donors (Lipinski definition) is 2. The zero-order valence-electron chi connectivity index (χ0n) is 20.4. The van der Waals surface area contributed by atoms with Crippen LogP contribution in [0.15, 0.2) is 0 Å². The van der Waals surface area contributed by atoms with E-state index >= 15 is 0 Å². The molecule has 2 amide bonds. The van der Waals surface area contributed by atoms with Gasteiger partial charge in [0.1, 0.15) is 6.04 Å². The number of ether oxygens (including phenoxy) is 1. The second kappa shape index (κ2) is 9.76. The maximum atomic E-state index is 14.1. The van der Waals surface area contributed by atoms with Crippen LogP contribution in [0.2, 0.25) is 0 Å². The molecule has 7 nitrogen and oxygen atoms in total. The Bertz CT molecular complexity index is 772. The Labute approximate surface area is 201 Å². The first kappa shape index (κ1) is 24.8. The average Bonchev–Trinajstić information content (AvgIpc) is 3.39. The van der Waals surface area contributed by atoms with E-state index in [1.54, 1.807) is 23.6 Å². The number of amides is 2. The van der Waals surface area contributed by atoms with Crippen molar-refractivity contribution in [3.05, 3.63) is 0 Å².